The number of aromatic carboxylic acids is 1. The van der Waals surface area contributed by atoms with Gasteiger partial charge in [-0.1, -0.05) is 6.92 Å². The summed E-state index contributed by atoms with van der Waals surface area (Å²) >= 11 is 0. The highest BCUT2D eigenvalue weighted by atomic mass is 16.4. The number of hydrogen-bond acceptors (Lipinski definition) is 3. The number of carbonyl (C=O) groups is 2. The summed E-state index contributed by atoms with van der Waals surface area (Å²) in [4.78, 5) is 22.8. The zero-order valence-electron chi connectivity index (χ0n) is 11.2. The Hall–Kier alpha value is -2.24. The van der Waals surface area contributed by atoms with Crippen LogP contribution in [0.15, 0.2) is 18.2 Å². The lowest BCUT2D eigenvalue weighted by atomic mass is 10.1. The van der Waals surface area contributed by atoms with Crippen LogP contribution < -0.4 is 10.6 Å². The van der Waals surface area contributed by atoms with Crippen LogP contribution in [0.3, 0.4) is 0 Å². The molecule has 0 radical (unpaired) electrons. The maximum Gasteiger partial charge on any atom is 0.337 e. The quantitative estimate of drug-likeness (QED) is 0.621. The molecule has 1 atom stereocenters. The first kappa shape index (κ1) is 14.2. The number of carboxylic acids is 1. The summed E-state index contributed by atoms with van der Waals surface area (Å²) in [5.74, 6) is -0.240. The Bertz CT molecular complexity index is 526. The second-order valence-corrected chi connectivity index (χ2v) is 5.18. The molecular formula is C14H18N2O4. The highest BCUT2D eigenvalue weighted by Crippen LogP contribution is 2.36. The molecule has 108 valence electrons. The molecule has 1 aliphatic rings. The molecule has 0 saturated heterocycles. The van der Waals surface area contributed by atoms with Crippen molar-refractivity contribution in [2.75, 3.05) is 11.9 Å². The van der Waals surface area contributed by atoms with Crippen LogP contribution in [0.2, 0.25) is 0 Å². The van der Waals surface area contributed by atoms with Gasteiger partial charge in [0.05, 0.1) is 11.3 Å². The van der Waals surface area contributed by atoms with E-state index >= 15 is 0 Å². The van der Waals surface area contributed by atoms with E-state index in [1.165, 1.54) is 25.0 Å². The number of nitrogens with one attached hydrogen (secondary N) is 2. The lowest BCUT2D eigenvalue weighted by molar-refractivity contribution is 0.0697. The SMILES string of the molecule is CC(CNC(=O)Nc1ccc(O)cc1C(=O)O)C1CC1. The number of rotatable bonds is 5. The fraction of sp³-hybridized carbons (Fsp3) is 0.429. The molecule has 2 amide bonds. The highest BCUT2D eigenvalue weighted by molar-refractivity contribution is 6.00. The third-order valence-electron chi connectivity index (χ3n) is 3.49. The molecule has 1 fully saturated rings. The predicted octanol–water partition coefficient (Wildman–Crippen LogP) is 2.26. The molecule has 1 saturated carbocycles. The van der Waals surface area contributed by atoms with E-state index in [0.717, 1.165) is 6.07 Å². The van der Waals surface area contributed by atoms with Crippen molar-refractivity contribution in [1.82, 2.24) is 5.32 Å². The molecular weight excluding hydrogens is 260 g/mol. The first-order chi connectivity index (χ1) is 9.47. The molecule has 0 aliphatic heterocycles. The number of benzene rings is 1. The summed E-state index contributed by atoms with van der Waals surface area (Å²) in [6.07, 6.45) is 2.43. The number of amides is 2. The summed E-state index contributed by atoms with van der Waals surface area (Å²) in [6.45, 7) is 2.65. The van der Waals surface area contributed by atoms with Gasteiger partial charge in [0, 0.05) is 6.54 Å². The van der Waals surface area contributed by atoms with Crippen LogP contribution >= 0.6 is 0 Å². The van der Waals surface area contributed by atoms with Gasteiger partial charge in [0.15, 0.2) is 0 Å². The number of phenolic OH excluding ortho intramolecular Hbond substituents is 1. The maximum atomic E-state index is 11.7. The van der Waals surface area contributed by atoms with E-state index in [1.807, 2.05) is 0 Å². The van der Waals surface area contributed by atoms with Gasteiger partial charge in [-0.25, -0.2) is 9.59 Å². The second-order valence-electron chi connectivity index (χ2n) is 5.18. The van der Waals surface area contributed by atoms with Crippen LogP contribution in [0.4, 0.5) is 10.5 Å². The lowest BCUT2D eigenvalue weighted by Gasteiger charge is -2.13. The molecule has 4 N–H and O–H groups in total. The van der Waals surface area contributed by atoms with Gasteiger partial charge in [-0.3, -0.25) is 0 Å². The zero-order valence-corrected chi connectivity index (χ0v) is 11.2. The van der Waals surface area contributed by atoms with Crippen molar-refractivity contribution in [3.8, 4) is 5.75 Å². The largest absolute Gasteiger partial charge is 0.508 e. The highest BCUT2D eigenvalue weighted by Gasteiger charge is 2.27. The topological polar surface area (TPSA) is 98.7 Å². The minimum atomic E-state index is -1.21. The van der Waals surface area contributed by atoms with E-state index in [1.54, 1.807) is 0 Å². The van der Waals surface area contributed by atoms with E-state index in [-0.39, 0.29) is 17.0 Å². The van der Waals surface area contributed by atoms with Gasteiger partial charge in [0.25, 0.3) is 0 Å². The molecule has 0 heterocycles. The van der Waals surface area contributed by atoms with Crippen molar-refractivity contribution in [2.45, 2.75) is 19.8 Å². The van der Waals surface area contributed by atoms with Crippen molar-refractivity contribution < 1.29 is 19.8 Å². The summed E-state index contributed by atoms with van der Waals surface area (Å²) < 4.78 is 0. The maximum absolute atomic E-state index is 11.7. The van der Waals surface area contributed by atoms with Crippen LogP contribution in [-0.4, -0.2) is 28.8 Å². The first-order valence-corrected chi connectivity index (χ1v) is 6.58. The fourth-order valence-electron chi connectivity index (χ4n) is 2.07. The van der Waals surface area contributed by atoms with Gasteiger partial charge in [-0.15, -0.1) is 0 Å². The van der Waals surface area contributed by atoms with Crippen molar-refractivity contribution in [1.29, 1.82) is 0 Å². The number of phenols is 1. The summed E-state index contributed by atoms with van der Waals surface area (Å²) in [5, 5.41) is 23.5. The van der Waals surface area contributed by atoms with Gasteiger partial charge in [0.2, 0.25) is 0 Å². The number of anilines is 1. The monoisotopic (exact) mass is 278 g/mol. The van der Waals surface area contributed by atoms with Crippen LogP contribution in [0.5, 0.6) is 5.75 Å². The normalized spacial score (nSPS) is 15.4. The second kappa shape index (κ2) is 5.81. The van der Waals surface area contributed by atoms with Gasteiger partial charge >= 0.3 is 12.0 Å². The van der Waals surface area contributed by atoms with Crippen LogP contribution in [0.25, 0.3) is 0 Å². The average molecular weight is 278 g/mol. The molecule has 1 unspecified atom stereocenters. The molecule has 1 aliphatic carbocycles. The molecule has 20 heavy (non-hydrogen) atoms. The number of aromatic hydroxyl groups is 1. The van der Waals surface area contributed by atoms with Gasteiger partial charge in [0.1, 0.15) is 5.75 Å². The average Bonchev–Trinajstić information content (AvgIpc) is 3.22. The van der Waals surface area contributed by atoms with E-state index in [9.17, 15) is 14.7 Å². The standard InChI is InChI=1S/C14H18N2O4/c1-8(9-2-3-9)7-15-14(20)16-12-5-4-10(17)6-11(12)13(18)19/h4-6,8-9,17H,2-3,7H2,1H3,(H,18,19)(H2,15,16,20). The Kier molecular flexibility index (Phi) is 4.12. The summed E-state index contributed by atoms with van der Waals surface area (Å²) in [6, 6.07) is 3.35. The number of carboxylic acid groups (broad SMARTS) is 1. The van der Waals surface area contributed by atoms with Gasteiger partial charge < -0.3 is 20.8 Å². The Labute approximate surface area is 116 Å². The molecule has 0 aromatic heterocycles. The molecule has 1 aromatic rings. The van der Waals surface area contributed by atoms with Crippen molar-refractivity contribution >= 4 is 17.7 Å². The summed E-state index contributed by atoms with van der Waals surface area (Å²) in [7, 11) is 0. The van der Waals surface area contributed by atoms with E-state index in [2.05, 4.69) is 17.6 Å². The number of urea groups is 1. The first-order valence-electron chi connectivity index (χ1n) is 6.58. The van der Waals surface area contributed by atoms with Crippen LogP contribution in [-0.2, 0) is 0 Å². The zero-order chi connectivity index (χ0) is 14.7. The Morgan fingerprint density at radius 2 is 2.10 bits per heavy atom. The fourth-order valence-corrected chi connectivity index (χ4v) is 2.07. The predicted molar refractivity (Wildman–Crippen MR) is 74.0 cm³/mol. The Morgan fingerprint density at radius 3 is 2.70 bits per heavy atom. The Morgan fingerprint density at radius 1 is 1.40 bits per heavy atom. The smallest absolute Gasteiger partial charge is 0.337 e. The van der Waals surface area contributed by atoms with Crippen LogP contribution in [0, 0.1) is 11.8 Å². The number of carbonyl (C=O) groups excluding carboxylic acids is 1. The Balaban J connectivity index is 1.94. The van der Waals surface area contributed by atoms with Gasteiger partial charge in [-0.2, -0.15) is 0 Å². The molecule has 1 aromatic carbocycles. The molecule has 6 nitrogen and oxygen atoms in total. The van der Waals surface area contributed by atoms with E-state index in [0.29, 0.717) is 18.4 Å². The van der Waals surface area contributed by atoms with Gasteiger partial charge in [-0.05, 0) is 42.9 Å². The minimum absolute atomic E-state index is 0.143. The van der Waals surface area contributed by atoms with Crippen LogP contribution in [0.1, 0.15) is 30.1 Å². The van der Waals surface area contributed by atoms with Crippen molar-refractivity contribution in [3.05, 3.63) is 23.8 Å². The summed E-state index contributed by atoms with van der Waals surface area (Å²) in [5.41, 5.74) is 0.0160. The lowest BCUT2D eigenvalue weighted by Crippen LogP contribution is -2.33. The number of hydrogen-bond donors (Lipinski definition) is 4. The van der Waals surface area contributed by atoms with E-state index in [4.69, 9.17) is 5.11 Å². The third kappa shape index (κ3) is 3.63. The van der Waals surface area contributed by atoms with Crippen molar-refractivity contribution in [3.63, 3.8) is 0 Å². The molecule has 0 bridgehead atoms. The molecule has 6 heteroatoms. The minimum Gasteiger partial charge on any atom is -0.508 e. The van der Waals surface area contributed by atoms with Crippen molar-refractivity contribution in [2.24, 2.45) is 11.8 Å². The molecule has 0 spiro atoms. The molecule has 2 rings (SSSR count). The van der Waals surface area contributed by atoms with E-state index < -0.39 is 12.0 Å². The third-order valence-corrected chi connectivity index (χ3v) is 3.49.